The molecule has 1 saturated heterocycles. The van der Waals surface area contributed by atoms with Gasteiger partial charge in [-0.25, -0.2) is 4.79 Å². The Morgan fingerprint density at radius 1 is 1.67 bits per heavy atom. The van der Waals surface area contributed by atoms with Gasteiger partial charge >= 0.3 is 6.09 Å². The van der Waals surface area contributed by atoms with Crippen LogP contribution >= 0.6 is 0 Å². The maximum absolute atomic E-state index is 10.9. The first-order chi connectivity index (χ1) is 5.79. The molecule has 4 heteroatoms. The fourth-order valence-electron chi connectivity index (χ4n) is 1.24. The molecule has 0 N–H and O–H groups in total. The van der Waals surface area contributed by atoms with E-state index in [1.165, 1.54) is 4.90 Å². The van der Waals surface area contributed by atoms with Crippen LogP contribution in [0.3, 0.4) is 0 Å². The molecule has 0 aliphatic carbocycles. The highest BCUT2D eigenvalue weighted by Gasteiger charge is 2.32. The molecular formula is C8H9NO3. The Morgan fingerprint density at radius 3 is 3.00 bits per heavy atom. The molecule has 2 heterocycles. The monoisotopic (exact) mass is 167 g/mol. The number of carbonyl (C=O) groups excluding carboxylic acids is 1. The molecule has 0 spiro atoms. The molecular weight excluding hydrogens is 158 g/mol. The number of cyclic esters (lactones) is 1. The highest BCUT2D eigenvalue weighted by Crippen LogP contribution is 2.25. The van der Waals surface area contributed by atoms with Gasteiger partial charge in [0.1, 0.15) is 18.4 Å². The third-order valence-corrected chi connectivity index (χ3v) is 1.99. The zero-order valence-electron chi connectivity index (χ0n) is 6.69. The summed E-state index contributed by atoms with van der Waals surface area (Å²) in [6, 6.07) is 3.57. The van der Waals surface area contributed by atoms with E-state index in [1.807, 2.05) is 6.07 Å². The van der Waals surface area contributed by atoms with Crippen molar-refractivity contribution in [3.63, 3.8) is 0 Å². The molecule has 2 rings (SSSR count). The highest BCUT2D eigenvalue weighted by atomic mass is 16.6. The number of furan rings is 1. The van der Waals surface area contributed by atoms with Crippen LogP contribution in [0.1, 0.15) is 11.8 Å². The third-order valence-electron chi connectivity index (χ3n) is 1.99. The number of carbonyl (C=O) groups is 1. The fraction of sp³-hybridized carbons (Fsp3) is 0.375. The molecule has 0 aromatic carbocycles. The Hall–Kier alpha value is -1.45. The van der Waals surface area contributed by atoms with Gasteiger partial charge in [0.25, 0.3) is 0 Å². The largest absolute Gasteiger partial charge is 0.467 e. The van der Waals surface area contributed by atoms with E-state index in [4.69, 9.17) is 9.15 Å². The van der Waals surface area contributed by atoms with Gasteiger partial charge in [-0.3, -0.25) is 4.90 Å². The van der Waals surface area contributed by atoms with E-state index in [1.54, 1.807) is 19.4 Å². The van der Waals surface area contributed by atoms with Crippen molar-refractivity contribution in [2.75, 3.05) is 13.7 Å². The average molecular weight is 167 g/mol. The zero-order chi connectivity index (χ0) is 8.55. The number of rotatable bonds is 1. The summed E-state index contributed by atoms with van der Waals surface area (Å²) in [5, 5.41) is 0. The predicted molar refractivity (Wildman–Crippen MR) is 40.6 cm³/mol. The maximum Gasteiger partial charge on any atom is 0.410 e. The van der Waals surface area contributed by atoms with Crippen molar-refractivity contribution in [3.8, 4) is 0 Å². The number of likely N-dealkylation sites (N-methyl/N-ethyl adjacent to an activating group) is 1. The lowest BCUT2D eigenvalue weighted by Gasteiger charge is -2.12. The van der Waals surface area contributed by atoms with Gasteiger partial charge in [-0.1, -0.05) is 0 Å². The number of hydrogen-bond donors (Lipinski definition) is 0. The molecule has 64 valence electrons. The SMILES string of the molecule is CN1C(=O)OCC1c1ccco1. The van der Waals surface area contributed by atoms with E-state index in [9.17, 15) is 4.79 Å². The first-order valence-electron chi connectivity index (χ1n) is 3.72. The second-order valence-corrected chi connectivity index (χ2v) is 2.72. The molecule has 1 amide bonds. The first kappa shape index (κ1) is 7.21. The number of amides is 1. The Kier molecular flexibility index (Phi) is 1.53. The van der Waals surface area contributed by atoms with Crippen molar-refractivity contribution < 1.29 is 13.9 Å². The van der Waals surface area contributed by atoms with Crippen LogP contribution in [0.15, 0.2) is 22.8 Å². The first-order valence-corrected chi connectivity index (χ1v) is 3.72. The van der Waals surface area contributed by atoms with Crippen molar-refractivity contribution in [1.29, 1.82) is 0 Å². The van der Waals surface area contributed by atoms with Gasteiger partial charge < -0.3 is 9.15 Å². The Balaban J connectivity index is 2.21. The topological polar surface area (TPSA) is 42.7 Å². The standard InChI is InChI=1S/C8H9NO3/c1-9-6(5-12-8(9)10)7-3-2-4-11-7/h2-4,6H,5H2,1H3. The van der Waals surface area contributed by atoms with Gasteiger partial charge in [-0.15, -0.1) is 0 Å². The minimum atomic E-state index is -0.295. The van der Waals surface area contributed by atoms with Gasteiger partial charge in [0.2, 0.25) is 0 Å². The van der Waals surface area contributed by atoms with Crippen molar-refractivity contribution in [1.82, 2.24) is 4.90 Å². The lowest BCUT2D eigenvalue weighted by molar-refractivity contribution is 0.163. The van der Waals surface area contributed by atoms with Gasteiger partial charge in [0.05, 0.1) is 6.26 Å². The molecule has 0 bridgehead atoms. The van der Waals surface area contributed by atoms with Crippen molar-refractivity contribution in [2.24, 2.45) is 0 Å². The van der Waals surface area contributed by atoms with Crippen molar-refractivity contribution >= 4 is 6.09 Å². The Morgan fingerprint density at radius 2 is 2.50 bits per heavy atom. The number of nitrogens with zero attached hydrogens (tertiary/aromatic N) is 1. The quantitative estimate of drug-likeness (QED) is 0.635. The summed E-state index contributed by atoms with van der Waals surface area (Å²) < 4.78 is 9.99. The van der Waals surface area contributed by atoms with Crippen LogP contribution in [0.4, 0.5) is 4.79 Å². The summed E-state index contributed by atoms with van der Waals surface area (Å²) in [7, 11) is 1.70. The van der Waals surface area contributed by atoms with Gasteiger partial charge in [-0.2, -0.15) is 0 Å². The summed E-state index contributed by atoms with van der Waals surface area (Å²) >= 11 is 0. The molecule has 1 fully saturated rings. The molecule has 12 heavy (non-hydrogen) atoms. The summed E-state index contributed by atoms with van der Waals surface area (Å²) in [4.78, 5) is 12.5. The van der Waals surface area contributed by atoms with Crippen LogP contribution in [0.2, 0.25) is 0 Å². The van der Waals surface area contributed by atoms with E-state index in [2.05, 4.69) is 0 Å². The summed E-state index contributed by atoms with van der Waals surface area (Å²) in [5.74, 6) is 0.767. The van der Waals surface area contributed by atoms with Crippen LogP contribution in [0.25, 0.3) is 0 Å². The molecule has 1 aromatic rings. The zero-order valence-corrected chi connectivity index (χ0v) is 6.69. The van der Waals surface area contributed by atoms with Crippen LogP contribution in [0.5, 0.6) is 0 Å². The molecule has 1 aliphatic rings. The second-order valence-electron chi connectivity index (χ2n) is 2.72. The molecule has 0 radical (unpaired) electrons. The lowest BCUT2D eigenvalue weighted by Crippen LogP contribution is -2.21. The Labute approximate surface area is 69.7 Å². The van der Waals surface area contributed by atoms with Gasteiger partial charge in [0.15, 0.2) is 0 Å². The molecule has 4 nitrogen and oxygen atoms in total. The molecule has 1 aliphatic heterocycles. The van der Waals surface area contributed by atoms with Gasteiger partial charge in [0, 0.05) is 7.05 Å². The van der Waals surface area contributed by atoms with Crippen LogP contribution in [-0.4, -0.2) is 24.6 Å². The molecule has 0 saturated carbocycles. The number of ether oxygens (including phenoxy) is 1. The normalized spacial score (nSPS) is 22.9. The smallest absolute Gasteiger partial charge is 0.410 e. The van der Waals surface area contributed by atoms with Gasteiger partial charge in [-0.05, 0) is 12.1 Å². The lowest BCUT2D eigenvalue weighted by atomic mass is 10.2. The van der Waals surface area contributed by atoms with Crippen molar-refractivity contribution in [3.05, 3.63) is 24.2 Å². The van der Waals surface area contributed by atoms with E-state index < -0.39 is 0 Å². The van der Waals surface area contributed by atoms with Crippen LogP contribution in [-0.2, 0) is 4.74 Å². The summed E-state index contributed by atoms with van der Waals surface area (Å²) in [5.41, 5.74) is 0. The molecule has 1 aromatic heterocycles. The minimum absolute atomic E-state index is 0.0625. The van der Waals surface area contributed by atoms with E-state index in [0.717, 1.165) is 5.76 Å². The minimum Gasteiger partial charge on any atom is -0.467 e. The van der Waals surface area contributed by atoms with E-state index in [-0.39, 0.29) is 12.1 Å². The third kappa shape index (κ3) is 0.958. The molecule has 1 atom stereocenters. The second kappa shape index (κ2) is 2.55. The summed E-state index contributed by atoms with van der Waals surface area (Å²) in [6.07, 6.45) is 1.29. The highest BCUT2D eigenvalue weighted by molar-refractivity contribution is 5.69. The average Bonchev–Trinajstić information content (AvgIpc) is 2.64. The van der Waals surface area contributed by atoms with Crippen LogP contribution in [0, 0.1) is 0 Å². The Bertz CT molecular complexity index is 281. The number of hydrogen-bond acceptors (Lipinski definition) is 3. The van der Waals surface area contributed by atoms with Crippen LogP contribution < -0.4 is 0 Å². The van der Waals surface area contributed by atoms with E-state index >= 15 is 0 Å². The molecule has 1 unspecified atom stereocenters. The maximum atomic E-state index is 10.9. The fourth-order valence-corrected chi connectivity index (χ4v) is 1.24. The predicted octanol–water partition coefficient (Wildman–Crippen LogP) is 1.40. The van der Waals surface area contributed by atoms with E-state index in [0.29, 0.717) is 6.61 Å². The van der Waals surface area contributed by atoms with Crippen molar-refractivity contribution in [2.45, 2.75) is 6.04 Å². The summed E-state index contributed by atoms with van der Waals surface area (Å²) in [6.45, 7) is 0.378.